The summed E-state index contributed by atoms with van der Waals surface area (Å²) in [5.74, 6) is 0. The number of rotatable bonds is 5. The smallest absolute Gasteiger partial charge is 0.0713 e. The molecular formula is C63H42. The second-order valence-electron chi connectivity index (χ2n) is 18.1. The molecule has 0 nitrogen and oxygen atoms in total. The average Bonchev–Trinajstić information content (AvgIpc) is 3.65. The molecule has 0 N–H and O–H groups in total. The van der Waals surface area contributed by atoms with Crippen molar-refractivity contribution in [3.63, 3.8) is 0 Å². The van der Waals surface area contributed by atoms with Crippen LogP contribution in [-0.4, -0.2) is 0 Å². The topological polar surface area (TPSA) is 0 Å². The molecule has 294 valence electrons. The Morgan fingerprint density at radius 2 is 0.825 bits per heavy atom. The normalized spacial score (nSPS) is 15.6. The van der Waals surface area contributed by atoms with Crippen molar-refractivity contribution in [1.29, 1.82) is 0 Å². The molecule has 14 rings (SSSR count). The minimum atomic E-state index is -0.546. The van der Waals surface area contributed by atoms with E-state index in [4.69, 9.17) is 0 Å². The molecule has 0 saturated heterocycles. The second kappa shape index (κ2) is 13.2. The van der Waals surface area contributed by atoms with Gasteiger partial charge in [0.2, 0.25) is 0 Å². The van der Waals surface area contributed by atoms with Gasteiger partial charge < -0.3 is 0 Å². The largest absolute Gasteiger partial charge is 0.0795 e. The molecule has 0 atom stereocenters. The summed E-state index contributed by atoms with van der Waals surface area (Å²) in [6, 6.07) is 65.3. The van der Waals surface area contributed by atoms with Gasteiger partial charge in [0.05, 0.1) is 5.41 Å². The molecule has 0 spiro atoms. The lowest BCUT2D eigenvalue weighted by Crippen LogP contribution is -2.28. The van der Waals surface area contributed by atoms with Gasteiger partial charge in [-0.1, -0.05) is 194 Å². The SMILES string of the molecule is C1=Cc2ccc3c(-c4ccc5c(c4)C(c4ccccc4)(c4ccccc4)c4cc(-c6ccccc6-c6ccc7c8c9c(ccc68)C=CCC9=CC7)ccc4-5)ccc4c3c2C(=CC4)C1. The monoisotopic (exact) mass is 798 g/mol. The fourth-order valence-electron chi connectivity index (χ4n) is 12.3. The summed E-state index contributed by atoms with van der Waals surface area (Å²) in [5, 5.41) is 5.56. The Kier molecular flexibility index (Phi) is 7.37. The third-order valence-electron chi connectivity index (χ3n) is 15.0. The maximum Gasteiger partial charge on any atom is 0.0713 e. The Bertz CT molecular complexity index is 3550. The highest BCUT2D eigenvalue weighted by atomic mass is 14.5. The standard InChI is InChI=1S/C63H42/c1-3-15-47(16-4-1)63(48-17-5-2-6-18-48)57-37-45(49-19-7-8-20-51(49)52-32-26-44-24-22-40-12-10-14-42-28-36-56(52)62(44)60(40)42)29-33-53(57)54-34-30-46(38-58(54)63)50-31-25-43-23-21-39-11-9-13-41-27-35-55(50)61(43)59(39)41/h1-10,13-22,25-38H,11-12,23-24H2. The molecule has 63 heavy (non-hydrogen) atoms. The zero-order valence-electron chi connectivity index (χ0n) is 35.0. The van der Waals surface area contributed by atoms with E-state index in [-0.39, 0.29) is 0 Å². The van der Waals surface area contributed by atoms with Crippen molar-refractivity contribution < 1.29 is 0 Å². The fraction of sp³-hybridized carbons (Fsp3) is 0.0794. The van der Waals surface area contributed by atoms with Crippen molar-refractivity contribution in [2.45, 2.75) is 31.1 Å². The van der Waals surface area contributed by atoms with E-state index in [0.29, 0.717) is 0 Å². The van der Waals surface area contributed by atoms with Crippen LogP contribution in [0.3, 0.4) is 0 Å². The Hall–Kier alpha value is -7.54. The molecule has 0 heteroatoms. The summed E-state index contributed by atoms with van der Waals surface area (Å²) in [4.78, 5) is 0. The maximum absolute atomic E-state index is 2.54. The third kappa shape index (κ3) is 4.87. The zero-order chi connectivity index (χ0) is 41.2. The van der Waals surface area contributed by atoms with Gasteiger partial charge in [0.15, 0.2) is 0 Å². The van der Waals surface area contributed by atoms with Crippen molar-refractivity contribution in [2.75, 3.05) is 0 Å². The predicted octanol–water partition coefficient (Wildman–Crippen LogP) is 16.1. The van der Waals surface area contributed by atoms with Crippen LogP contribution < -0.4 is 0 Å². The highest BCUT2D eigenvalue weighted by molar-refractivity contribution is 6.11. The molecule has 0 saturated carbocycles. The molecule has 0 fully saturated rings. The van der Waals surface area contributed by atoms with Crippen LogP contribution in [0, 0.1) is 0 Å². The van der Waals surface area contributed by atoms with Crippen LogP contribution in [0.5, 0.6) is 0 Å². The van der Waals surface area contributed by atoms with E-state index in [1.165, 1.54) is 133 Å². The number of fused-ring (bicyclic) bond motifs is 3. The molecule has 0 bridgehead atoms. The van der Waals surface area contributed by atoms with E-state index < -0.39 is 5.41 Å². The van der Waals surface area contributed by atoms with Gasteiger partial charge >= 0.3 is 0 Å². The Balaban J connectivity index is 0.997. The predicted molar refractivity (Wildman–Crippen MR) is 266 cm³/mol. The minimum absolute atomic E-state index is 0.546. The molecule has 0 radical (unpaired) electrons. The van der Waals surface area contributed by atoms with Gasteiger partial charge in [-0.05, 0) is 171 Å². The number of allylic oxidation sites excluding steroid dienone is 6. The molecule has 9 aromatic carbocycles. The van der Waals surface area contributed by atoms with Gasteiger partial charge in [0.1, 0.15) is 0 Å². The number of hydrogen-bond donors (Lipinski definition) is 0. The summed E-state index contributed by atoms with van der Waals surface area (Å²) in [6.07, 6.45) is 18.2. The van der Waals surface area contributed by atoms with Gasteiger partial charge in [0.25, 0.3) is 0 Å². The summed E-state index contributed by atoms with van der Waals surface area (Å²) in [5.41, 5.74) is 26.3. The van der Waals surface area contributed by atoms with Crippen molar-refractivity contribution in [1.82, 2.24) is 0 Å². The third-order valence-corrected chi connectivity index (χ3v) is 15.0. The van der Waals surface area contributed by atoms with E-state index in [1.54, 1.807) is 0 Å². The van der Waals surface area contributed by atoms with E-state index in [0.717, 1.165) is 25.7 Å². The second-order valence-corrected chi connectivity index (χ2v) is 18.1. The van der Waals surface area contributed by atoms with Crippen LogP contribution in [0.4, 0.5) is 0 Å². The first-order chi connectivity index (χ1) is 31.2. The lowest BCUT2D eigenvalue weighted by Gasteiger charge is -2.34. The number of hydrogen-bond acceptors (Lipinski definition) is 0. The fourth-order valence-corrected chi connectivity index (χ4v) is 12.3. The lowest BCUT2D eigenvalue weighted by molar-refractivity contribution is 0.769. The van der Waals surface area contributed by atoms with Crippen molar-refractivity contribution >= 4 is 44.8 Å². The summed E-state index contributed by atoms with van der Waals surface area (Å²) in [6.45, 7) is 0. The minimum Gasteiger partial charge on any atom is -0.0795 e. The maximum atomic E-state index is 2.54. The Labute approximate surface area is 368 Å². The van der Waals surface area contributed by atoms with Crippen molar-refractivity contribution in [3.8, 4) is 44.5 Å². The van der Waals surface area contributed by atoms with Gasteiger partial charge in [0, 0.05) is 0 Å². The first kappa shape index (κ1) is 35.1. The van der Waals surface area contributed by atoms with Crippen LogP contribution in [0.15, 0.2) is 194 Å². The van der Waals surface area contributed by atoms with E-state index in [9.17, 15) is 0 Å². The highest BCUT2D eigenvalue weighted by Gasteiger charge is 2.46. The summed E-state index contributed by atoms with van der Waals surface area (Å²) >= 11 is 0. The van der Waals surface area contributed by atoms with Gasteiger partial charge in [-0.15, -0.1) is 0 Å². The molecule has 5 aliphatic carbocycles. The molecular weight excluding hydrogens is 757 g/mol. The Morgan fingerprint density at radius 3 is 1.40 bits per heavy atom. The molecule has 5 aliphatic rings. The first-order valence-corrected chi connectivity index (χ1v) is 22.6. The van der Waals surface area contributed by atoms with Crippen molar-refractivity contribution in [3.05, 3.63) is 250 Å². The highest BCUT2D eigenvalue weighted by Crippen LogP contribution is 2.58. The average molecular weight is 799 g/mol. The summed E-state index contributed by atoms with van der Waals surface area (Å²) in [7, 11) is 0. The van der Waals surface area contributed by atoms with Crippen LogP contribution in [0.1, 0.15) is 68.5 Å². The van der Waals surface area contributed by atoms with Gasteiger partial charge in [-0.3, -0.25) is 0 Å². The Morgan fingerprint density at radius 1 is 0.349 bits per heavy atom. The molecule has 0 aromatic heterocycles. The van der Waals surface area contributed by atoms with Crippen LogP contribution in [0.2, 0.25) is 0 Å². The van der Waals surface area contributed by atoms with E-state index in [2.05, 4.69) is 206 Å². The van der Waals surface area contributed by atoms with E-state index in [1.807, 2.05) is 0 Å². The van der Waals surface area contributed by atoms with Gasteiger partial charge in [-0.2, -0.15) is 0 Å². The molecule has 0 amide bonds. The quantitative estimate of drug-likeness (QED) is 0.163. The molecule has 9 aromatic rings. The molecule has 0 unspecified atom stereocenters. The zero-order valence-corrected chi connectivity index (χ0v) is 35.0. The van der Waals surface area contributed by atoms with E-state index >= 15 is 0 Å². The van der Waals surface area contributed by atoms with Crippen LogP contribution in [0.25, 0.3) is 89.4 Å². The van der Waals surface area contributed by atoms with Crippen LogP contribution >= 0.6 is 0 Å². The lowest BCUT2D eigenvalue weighted by atomic mass is 9.67. The summed E-state index contributed by atoms with van der Waals surface area (Å²) < 4.78 is 0. The van der Waals surface area contributed by atoms with Crippen LogP contribution in [-0.2, 0) is 18.3 Å². The van der Waals surface area contributed by atoms with Crippen molar-refractivity contribution in [2.24, 2.45) is 0 Å². The van der Waals surface area contributed by atoms with Gasteiger partial charge in [-0.25, -0.2) is 0 Å². The first-order valence-electron chi connectivity index (χ1n) is 22.6. The molecule has 0 aliphatic heterocycles. The molecule has 0 heterocycles. The number of benzene rings is 9.